The molecule has 0 bridgehead atoms. The van der Waals surface area contributed by atoms with Crippen LogP contribution in [0.15, 0.2) is 36.0 Å². The topological polar surface area (TPSA) is 35.0 Å². The van der Waals surface area contributed by atoms with Crippen molar-refractivity contribution in [3.8, 4) is 0 Å². The van der Waals surface area contributed by atoms with Gasteiger partial charge in [0.1, 0.15) is 0 Å². The maximum absolute atomic E-state index is 3.75. The third-order valence-electron chi connectivity index (χ3n) is 1.09. The first-order valence-corrected chi connectivity index (χ1v) is 3.13. The molecule has 0 saturated carbocycles. The van der Waals surface area contributed by atoms with E-state index in [0.717, 1.165) is 5.57 Å². The van der Waals surface area contributed by atoms with Gasteiger partial charge in [-0.1, -0.05) is 36.0 Å². The Hall–Kier alpha value is -0.820. The van der Waals surface area contributed by atoms with E-state index in [2.05, 4.69) is 25.7 Å². The summed E-state index contributed by atoms with van der Waals surface area (Å²) in [5.74, 6) is 0. The molecular weight excluding hydrogens is 122 g/mol. The van der Waals surface area contributed by atoms with Crippen molar-refractivity contribution in [3.63, 3.8) is 0 Å². The Morgan fingerprint density at radius 2 is 1.70 bits per heavy atom. The summed E-state index contributed by atoms with van der Waals surface area (Å²) in [7, 11) is 0. The lowest BCUT2D eigenvalue weighted by atomic mass is 10.2. The summed E-state index contributed by atoms with van der Waals surface area (Å²) in [5, 5.41) is 0. The summed E-state index contributed by atoms with van der Waals surface area (Å²) in [6.07, 6.45) is 6.14. The molecule has 1 nitrogen and oxygen atoms in total. The van der Waals surface area contributed by atoms with Crippen LogP contribution in [0.3, 0.4) is 0 Å². The molecule has 0 aliphatic rings. The summed E-state index contributed by atoms with van der Waals surface area (Å²) >= 11 is 0. The molecule has 0 amide bonds. The van der Waals surface area contributed by atoms with E-state index in [-0.39, 0.29) is 6.15 Å². The summed E-state index contributed by atoms with van der Waals surface area (Å²) in [4.78, 5) is 0. The Balaban J connectivity index is 0. The monoisotopic (exact) mass is 139 g/mol. The van der Waals surface area contributed by atoms with Crippen LogP contribution >= 0.6 is 0 Å². The van der Waals surface area contributed by atoms with Crippen LogP contribution in [-0.2, 0) is 0 Å². The zero-order valence-corrected chi connectivity index (χ0v) is 7.15. The van der Waals surface area contributed by atoms with Crippen molar-refractivity contribution >= 4 is 0 Å². The molecule has 0 aliphatic carbocycles. The quantitative estimate of drug-likeness (QED) is 0.585. The van der Waals surface area contributed by atoms with Crippen molar-refractivity contribution in [3.05, 3.63) is 36.0 Å². The Bertz CT molecular complexity index is 152. The van der Waals surface area contributed by atoms with Crippen molar-refractivity contribution < 1.29 is 0 Å². The molecule has 10 heavy (non-hydrogen) atoms. The van der Waals surface area contributed by atoms with E-state index in [9.17, 15) is 0 Å². The SMILES string of the molecule is C=C(C)/C=C\C(C)=C/C.N. The first kappa shape index (κ1) is 11.9. The van der Waals surface area contributed by atoms with Crippen molar-refractivity contribution in [2.75, 3.05) is 0 Å². The Labute approximate surface area is 63.7 Å². The molecule has 0 unspecified atom stereocenters. The number of hydrogen-bond donors (Lipinski definition) is 1. The van der Waals surface area contributed by atoms with Crippen molar-refractivity contribution in [1.29, 1.82) is 0 Å². The second-order valence-corrected chi connectivity index (χ2v) is 2.21. The second-order valence-electron chi connectivity index (χ2n) is 2.21. The van der Waals surface area contributed by atoms with Gasteiger partial charge in [-0.3, -0.25) is 0 Å². The molecule has 0 spiro atoms. The fraction of sp³-hybridized carbons (Fsp3) is 0.333. The lowest BCUT2D eigenvalue weighted by Gasteiger charge is -1.86. The molecule has 0 aromatic carbocycles. The van der Waals surface area contributed by atoms with Gasteiger partial charge in [-0.05, 0) is 20.8 Å². The van der Waals surface area contributed by atoms with Crippen molar-refractivity contribution in [1.82, 2.24) is 6.15 Å². The summed E-state index contributed by atoms with van der Waals surface area (Å²) < 4.78 is 0. The van der Waals surface area contributed by atoms with Crippen LogP contribution in [0.1, 0.15) is 20.8 Å². The zero-order valence-electron chi connectivity index (χ0n) is 7.15. The van der Waals surface area contributed by atoms with E-state index in [1.54, 1.807) is 0 Å². The van der Waals surface area contributed by atoms with Gasteiger partial charge in [0.25, 0.3) is 0 Å². The van der Waals surface area contributed by atoms with E-state index >= 15 is 0 Å². The van der Waals surface area contributed by atoms with Crippen molar-refractivity contribution in [2.24, 2.45) is 0 Å². The van der Waals surface area contributed by atoms with E-state index in [1.165, 1.54) is 5.57 Å². The smallest absolute Gasteiger partial charge is 0.0401 e. The van der Waals surface area contributed by atoms with Gasteiger partial charge in [0.2, 0.25) is 0 Å². The molecule has 0 rings (SSSR count). The molecule has 0 aromatic heterocycles. The van der Waals surface area contributed by atoms with Gasteiger partial charge in [-0.2, -0.15) is 0 Å². The van der Waals surface area contributed by atoms with Gasteiger partial charge >= 0.3 is 0 Å². The van der Waals surface area contributed by atoms with E-state index < -0.39 is 0 Å². The zero-order chi connectivity index (χ0) is 7.28. The predicted molar refractivity (Wildman–Crippen MR) is 48.4 cm³/mol. The number of hydrogen-bond acceptors (Lipinski definition) is 1. The van der Waals surface area contributed by atoms with Gasteiger partial charge in [-0.15, -0.1) is 0 Å². The lowest BCUT2D eigenvalue weighted by Crippen LogP contribution is -1.65. The highest BCUT2D eigenvalue weighted by Crippen LogP contribution is 1.97. The number of rotatable bonds is 2. The summed E-state index contributed by atoms with van der Waals surface area (Å²) in [6.45, 7) is 9.83. The average molecular weight is 139 g/mol. The van der Waals surface area contributed by atoms with Crippen LogP contribution in [0.2, 0.25) is 0 Å². The van der Waals surface area contributed by atoms with E-state index in [0.29, 0.717) is 0 Å². The number of allylic oxidation sites excluding steroid dienone is 5. The van der Waals surface area contributed by atoms with Crippen LogP contribution < -0.4 is 6.15 Å². The Kier molecular flexibility index (Phi) is 7.51. The van der Waals surface area contributed by atoms with Gasteiger partial charge in [0, 0.05) is 0 Å². The van der Waals surface area contributed by atoms with Crippen LogP contribution in [0, 0.1) is 0 Å². The molecule has 0 aromatic rings. The lowest BCUT2D eigenvalue weighted by molar-refractivity contribution is 1.45. The fourth-order valence-electron chi connectivity index (χ4n) is 0.370. The standard InChI is InChI=1S/C9H14.H3N/c1-5-9(4)7-6-8(2)3;/h5-7H,2H2,1,3-4H3;1H3/b7-6-,9-5-;. The highest BCUT2D eigenvalue weighted by atomic mass is 14.0. The second kappa shape index (κ2) is 6.30. The summed E-state index contributed by atoms with van der Waals surface area (Å²) in [5.41, 5.74) is 2.37. The van der Waals surface area contributed by atoms with Crippen LogP contribution in [0.4, 0.5) is 0 Å². The molecule has 0 atom stereocenters. The van der Waals surface area contributed by atoms with Crippen LogP contribution in [0.25, 0.3) is 0 Å². The van der Waals surface area contributed by atoms with Crippen LogP contribution in [-0.4, -0.2) is 0 Å². The molecule has 1 heteroatoms. The Morgan fingerprint density at radius 3 is 2.00 bits per heavy atom. The first-order valence-electron chi connectivity index (χ1n) is 3.13. The predicted octanol–water partition coefficient (Wildman–Crippen LogP) is 3.25. The molecule has 0 fully saturated rings. The van der Waals surface area contributed by atoms with Crippen LogP contribution in [0.5, 0.6) is 0 Å². The third-order valence-corrected chi connectivity index (χ3v) is 1.09. The molecule has 0 radical (unpaired) electrons. The Morgan fingerprint density at radius 1 is 1.20 bits per heavy atom. The van der Waals surface area contributed by atoms with Gasteiger partial charge in [0.15, 0.2) is 0 Å². The van der Waals surface area contributed by atoms with Crippen molar-refractivity contribution in [2.45, 2.75) is 20.8 Å². The van der Waals surface area contributed by atoms with Gasteiger partial charge in [-0.25, -0.2) is 0 Å². The largest absolute Gasteiger partial charge is 0.344 e. The minimum Gasteiger partial charge on any atom is -0.344 e. The van der Waals surface area contributed by atoms with E-state index in [4.69, 9.17) is 0 Å². The molecule has 58 valence electrons. The molecular formula is C9H17N. The average Bonchev–Trinajstić information content (AvgIpc) is 1.83. The third kappa shape index (κ3) is 7.18. The highest BCUT2D eigenvalue weighted by molar-refractivity contribution is 5.22. The molecule has 3 N–H and O–H groups in total. The molecule has 0 saturated heterocycles. The first-order chi connectivity index (χ1) is 4.16. The minimum atomic E-state index is 0. The molecule has 0 aliphatic heterocycles. The highest BCUT2D eigenvalue weighted by Gasteiger charge is 1.75. The molecule has 0 heterocycles. The summed E-state index contributed by atoms with van der Waals surface area (Å²) in [6, 6.07) is 0. The van der Waals surface area contributed by atoms with E-state index in [1.807, 2.05) is 19.9 Å². The fourth-order valence-corrected chi connectivity index (χ4v) is 0.370. The van der Waals surface area contributed by atoms with Gasteiger partial charge in [0.05, 0.1) is 0 Å². The normalized spacial score (nSPS) is 11.3. The minimum absolute atomic E-state index is 0. The van der Waals surface area contributed by atoms with Gasteiger partial charge < -0.3 is 6.15 Å². The maximum Gasteiger partial charge on any atom is -0.0401 e. The maximum atomic E-state index is 3.75.